The van der Waals surface area contributed by atoms with Crippen molar-refractivity contribution in [3.05, 3.63) is 35.4 Å². The highest BCUT2D eigenvalue weighted by Gasteiger charge is 2.04. The Morgan fingerprint density at radius 2 is 1.73 bits per heavy atom. The summed E-state index contributed by atoms with van der Waals surface area (Å²) in [6, 6.07) is 8.54. The van der Waals surface area contributed by atoms with Gasteiger partial charge in [-0.2, -0.15) is 0 Å². The summed E-state index contributed by atoms with van der Waals surface area (Å²) in [6.45, 7) is 8.36. The van der Waals surface area contributed by atoms with Crippen molar-refractivity contribution in [1.29, 1.82) is 0 Å². The van der Waals surface area contributed by atoms with Gasteiger partial charge in [-0.1, -0.05) is 43.7 Å². The smallest absolute Gasteiger partial charge is 0.0421 e. The fraction of sp³-hybridized carbons (Fsp3) is 0.538. The SMILES string of the molecule is Cc1ccc(C(N)CNCC(C)C)cc1. The molecule has 2 nitrogen and oxygen atoms in total. The van der Waals surface area contributed by atoms with E-state index in [0.717, 1.165) is 13.1 Å². The molecule has 0 heterocycles. The lowest BCUT2D eigenvalue weighted by Gasteiger charge is -2.14. The van der Waals surface area contributed by atoms with Crippen molar-refractivity contribution in [2.45, 2.75) is 26.8 Å². The molecule has 15 heavy (non-hydrogen) atoms. The van der Waals surface area contributed by atoms with Crippen molar-refractivity contribution in [1.82, 2.24) is 5.32 Å². The molecule has 0 radical (unpaired) electrons. The van der Waals surface area contributed by atoms with Gasteiger partial charge in [0.05, 0.1) is 0 Å². The van der Waals surface area contributed by atoms with Crippen LogP contribution in [0.5, 0.6) is 0 Å². The van der Waals surface area contributed by atoms with Crippen LogP contribution in [0.2, 0.25) is 0 Å². The molecule has 0 aliphatic rings. The van der Waals surface area contributed by atoms with E-state index in [1.54, 1.807) is 0 Å². The van der Waals surface area contributed by atoms with Crippen LogP contribution in [0, 0.1) is 12.8 Å². The maximum atomic E-state index is 6.07. The molecule has 0 spiro atoms. The lowest BCUT2D eigenvalue weighted by molar-refractivity contribution is 0.521. The highest BCUT2D eigenvalue weighted by atomic mass is 14.9. The van der Waals surface area contributed by atoms with E-state index in [0.29, 0.717) is 5.92 Å². The first-order chi connectivity index (χ1) is 7.09. The minimum Gasteiger partial charge on any atom is -0.323 e. The summed E-state index contributed by atoms with van der Waals surface area (Å²) in [5.74, 6) is 0.676. The van der Waals surface area contributed by atoms with Crippen LogP contribution < -0.4 is 11.1 Å². The fourth-order valence-electron chi connectivity index (χ4n) is 1.46. The highest BCUT2D eigenvalue weighted by Crippen LogP contribution is 2.10. The monoisotopic (exact) mass is 206 g/mol. The second-order valence-electron chi connectivity index (χ2n) is 4.57. The number of hydrogen-bond acceptors (Lipinski definition) is 2. The van der Waals surface area contributed by atoms with E-state index in [1.807, 2.05) is 0 Å². The van der Waals surface area contributed by atoms with E-state index >= 15 is 0 Å². The van der Waals surface area contributed by atoms with Crippen LogP contribution in [0.15, 0.2) is 24.3 Å². The van der Waals surface area contributed by atoms with E-state index in [4.69, 9.17) is 5.73 Å². The number of benzene rings is 1. The van der Waals surface area contributed by atoms with Crippen LogP contribution in [-0.4, -0.2) is 13.1 Å². The van der Waals surface area contributed by atoms with Gasteiger partial charge in [-0.25, -0.2) is 0 Å². The van der Waals surface area contributed by atoms with Gasteiger partial charge in [0.15, 0.2) is 0 Å². The van der Waals surface area contributed by atoms with E-state index in [9.17, 15) is 0 Å². The standard InChI is InChI=1S/C13H22N2/c1-10(2)8-15-9-13(14)12-6-4-11(3)5-7-12/h4-7,10,13,15H,8-9,14H2,1-3H3. The molecule has 1 atom stereocenters. The molecule has 0 saturated carbocycles. The van der Waals surface area contributed by atoms with Crippen molar-refractivity contribution in [2.24, 2.45) is 11.7 Å². The molecule has 84 valence electrons. The molecule has 1 aromatic carbocycles. The molecular weight excluding hydrogens is 184 g/mol. The van der Waals surface area contributed by atoms with Crippen molar-refractivity contribution in [3.8, 4) is 0 Å². The number of aryl methyl sites for hydroxylation is 1. The van der Waals surface area contributed by atoms with Gasteiger partial charge in [0.2, 0.25) is 0 Å². The topological polar surface area (TPSA) is 38.0 Å². The first-order valence-electron chi connectivity index (χ1n) is 5.62. The maximum Gasteiger partial charge on any atom is 0.0421 e. The predicted octanol–water partition coefficient (Wildman–Crippen LogP) is 2.24. The molecule has 0 saturated heterocycles. The summed E-state index contributed by atoms with van der Waals surface area (Å²) in [5, 5.41) is 3.37. The molecule has 2 heteroatoms. The Bertz CT molecular complexity index is 277. The van der Waals surface area contributed by atoms with Crippen LogP contribution in [0.4, 0.5) is 0 Å². The Hall–Kier alpha value is -0.860. The molecule has 0 fully saturated rings. The first-order valence-corrected chi connectivity index (χ1v) is 5.62. The van der Waals surface area contributed by atoms with Gasteiger partial charge in [-0.05, 0) is 24.9 Å². The quantitative estimate of drug-likeness (QED) is 0.775. The molecule has 0 aromatic heterocycles. The summed E-state index contributed by atoms with van der Waals surface area (Å²) in [7, 11) is 0. The fourth-order valence-corrected chi connectivity index (χ4v) is 1.46. The van der Waals surface area contributed by atoms with E-state index < -0.39 is 0 Å². The zero-order valence-electron chi connectivity index (χ0n) is 9.96. The number of nitrogens with two attached hydrogens (primary N) is 1. The molecule has 3 N–H and O–H groups in total. The predicted molar refractivity (Wildman–Crippen MR) is 65.8 cm³/mol. The molecule has 1 unspecified atom stereocenters. The van der Waals surface area contributed by atoms with E-state index in [1.165, 1.54) is 11.1 Å². The van der Waals surface area contributed by atoms with Gasteiger partial charge in [0, 0.05) is 12.6 Å². The first kappa shape index (κ1) is 12.2. The minimum absolute atomic E-state index is 0.101. The van der Waals surface area contributed by atoms with Gasteiger partial charge in [-0.15, -0.1) is 0 Å². The van der Waals surface area contributed by atoms with Gasteiger partial charge < -0.3 is 11.1 Å². The third-order valence-electron chi connectivity index (χ3n) is 2.42. The second-order valence-corrected chi connectivity index (χ2v) is 4.57. The Balaban J connectivity index is 2.40. The molecule has 1 aromatic rings. The summed E-state index contributed by atoms with van der Waals surface area (Å²) in [6.07, 6.45) is 0. The van der Waals surface area contributed by atoms with Crippen molar-refractivity contribution in [3.63, 3.8) is 0 Å². The van der Waals surface area contributed by atoms with Crippen LogP contribution in [0.1, 0.15) is 31.0 Å². The molecular formula is C13H22N2. The second kappa shape index (κ2) is 5.89. The number of rotatable bonds is 5. The van der Waals surface area contributed by atoms with Gasteiger partial charge >= 0.3 is 0 Å². The van der Waals surface area contributed by atoms with Crippen LogP contribution >= 0.6 is 0 Å². The molecule has 0 aliphatic heterocycles. The van der Waals surface area contributed by atoms with Gasteiger partial charge in [-0.3, -0.25) is 0 Å². The van der Waals surface area contributed by atoms with Crippen LogP contribution in [0.3, 0.4) is 0 Å². The third kappa shape index (κ3) is 4.45. The Morgan fingerprint density at radius 1 is 1.13 bits per heavy atom. The Labute approximate surface area is 92.9 Å². The van der Waals surface area contributed by atoms with Crippen molar-refractivity contribution < 1.29 is 0 Å². The Kier molecular flexibility index (Phi) is 4.79. The average Bonchev–Trinajstić information content (AvgIpc) is 2.18. The summed E-state index contributed by atoms with van der Waals surface area (Å²) >= 11 is 0. The largest absolute Gasteiger partial charge is 0.323 e. The van der Waals surface area contributed by atoms with Crippen molar-refractivity contribution in [2.75, 3.05) is 13.1 Å². The molecule has 0 amide bonds. The van der Waals surface area contributed by atoms with Gasteiger partial charge in [0.1, 0.15) is 0 Å². The highest BCUT2D eigenvalue weighted by molar-refractivity contribution is 5.23. The summed E-state index contributed by atoms with van der Waals surface area (Å²) < 4.78 is 0. The molecule has 0 aliphatic carbocycles. The van der Waals surface area contributed by atoms with Crippen LogP contribution in [-0.2, 0) is 0 Å². The average molecular weight is 206 g/mol. The number of hydrogen-bond donors (Lipinski definition) is 2. The number of nitrogens with one attached hydrogen (secondary N) is 1. The Morgan fingerprint density at radius 3 is 2.27 bits per heavy atom. The third-order valence-corrected chi connectivity index (χ3v) is 2.42. The zero-order chi connectivity index (χ0) is 11.3. The lowest BCUT2D eigenvalue weighted by Crippen LogP contribution is -2.29. The normalized spacial score (nSPS) is 13.1. The summed E-state index contributed by atoms with van der Waals surface area (Å²) in [4.78, 5) is 0. The van der Waals surface area contributed by atoms with E-state index in [-0.39, 0.29) is 6.04 Å². The molecule has 1 rings (SSSR count). The zero-order valence-corrected chi connectivity index (χ0v) is 9.96. The van der Waals surface area contributed by atoms with Crippen molar-refractivity contribution >= 4 is 0 Å². The van der Waals surface area contributed by atoms with Crippen LogP contribution in [0.25, 0.3) is 0 Å². The van der Waals surface area contributed by atoms with E-state index in [2.05, 4.69) is 50.4 Å². The summed E-state index contributed by atoms with van der Waals surface area (Å²) in [5.41, 5.74) is 8.55. The minimum atomic E-state index is 0.101. The maximum absolute atomic E-state index is 6.07. The lowest BCUT2D eigenvalue weighted by atomic mass is 10.1. The molecule has 0 bridgehead atoms. The van der Waals surface area contributed by atoms with Gasteiger partial charge in [0.25, 0.3) is 0 Å².